The maximum atomic E-state index is 12.1. The lowest BCUT2D eigenvalue weighted by molar-refractivity contribution is -0.0485. The molecule has 0 spiro atoms. The third-order valence-electron chi connectivity index (χ3n) is 6.59. The molecule has 0 saturated carbocycles. The molecule has 0 aliphatic carbocycles. The molecule has 5 atom stereocenters. The van der Waals surface area contributed by atoms with E-state index in [0.717, 1.165) is 18.6 Å². The van der Waals surface area contributed by atoms with Gasteiger partial charge in [-0.25, -0.2) is 0 Å². The highest BCUT2D eigenvalue weighted by molar-refractivity contribution is 9.11. The van der Waals surface area contributed by atoms with E-state index in [1.807, 2.05) is 74.5 Å². The molecule has 1 aliphatic heterocycles. The van der Waals surface area contributed by atoms with Crippen molar-refractivity contribution in [3.05, 3.63) is 86.2 Å². The Morgan fingerprint density at radius 1 is 0.775 bits per heavy atom. The molecular formula is C26H31Br3O8Si3. The van der Waals surface area contributed by atoms with Crippen LogP contribution >= 0.6 is 47.8 Å². The molecule has 0 bridgehead atoms. The summed E-state index contributed by atoms with van der Waals surface area (Å²) in [4.78, 5) is 12.1. The van der Waals surface area contributed by atoms with Crippen LogP contribution in [0.15, 0.2) is 86.2 Å². The SMILES string of the molecule is CO[Si](OC)(OC(C)[C@H]1O[Si](OC)(c2ccc(Br)cc2)O[Si](O)(c2ccc(Br)cc2)O[C@H]1C)c1ccc(Br)cc1. The van der Waals surface area contributed by atoms with Gasteiger partial charge >= 0.3 is 26.4 Å². The van der Waals surface area contributed by atoms with Crippen LogP contribution in [-0.4, -0.2) is 70.9 Å². The highest BCUT2D eigenvalue weighted by Gasteiger charge is 2.61. The predicted octanol–water partition coefficient (Wildman–Crippen LogP) is 3.97. The van der Waals surface area contributed by atoms with Crippen molar-refractivity contribution in [2.24, 2.45) is 0 Å². The van der Waals surface area contributed by atoms with Gasteiger partial charge in [-0.15, -0.1) is 0 Å². The largest absolute Gasteiger partial charge is 0.536 e. The van der Waals surface area contributed by atoms with Gasteiger partial charge in [-0.05, 0) is 50.2 Å². The zero-order chi connectivity index (χ0) is 29.1. The number of halogens is 3. The van der Waals surface area contributed by atoms with Crippen LogP contribution in [0.1, 0.15) is 13.8 Å². The summed E-state index contributed by atoms with van der Waals surface area (Å²) in [5.41, 5.74) is 0. The number of rotatable bonds is 9. The lowest BCUT2D eigenvalue weighted by Gasteiger charge is -2.37. The van der Waals surface area contributed by atoms with Gasteiger partial charge in [-0.1, -0.05) is 84.2 Å². The summed E-state index contributed by atoms with van der Waals surface area (Å²) in [6.45, 7) is 3.69. The van der Waals surface area contributed by atoms with Crippen LogP contribution in [0.4, 0.5) is 0 Å². The zero-order valence-electron chi connectivity index (χ0n) is 22.6. The van der Waals surface area contributed by atoms with Crippen molar-refractivity contribution in [2.45, 2.75) is 32.2 Å². The first kappa shape index (κ1) is 32.3. The average Bonchev–Trinajstić information content (AvgIpc) is 3.07. The molecule has 4 rings (SSSR count). The van der Waals surface area contributed by atoms with Crippen LogP contribution in [0.3, 0.4) is 0 Å². The summed E-state index contributed by atoms with van der Waals surface area (Å²) in [5.74, 6) is 0. The Balaban J connectivity index is 1.77. The minimum Gasteiger partial charge on any atom is -0.387 e. The van der Waals surface area contributed by atoms with Crippen LogP contribution in [0.5, 0.6) is 0 Å². The fraction of sp³-hybridized carbons (Fsp3) is 0.308. The van der Waals surface area contributed by atoms with Crippen molar-refractivity contribution in [1.29, 1.82) is 0 Å². The van der Waals surface area contributed by atoms with Crippen LogP contribution in [0.25, 0.3) is 0 Å². The van der Waals surface area contributed by atoms with Gasteiger partial charge in [0.25, 0.3) is 0 Å². The fourth-order valence-electron chi connectivity index (χ4n) is 4.53. The van der Waals surface area contributed by atoms with Gasteiger partial charge in [0.15, 0.2) is 0 Å². The number of hydrogen-bond acceptors (Lipinski definition) is 8. The first-order chi connectivity index (χ1) is 19.0. The van der Waals surface area contributed by atoms with Crippen LogP contribution in [-0.2, 0) is 30.7 Å². The van der Waals surface area contributed by atoms with Crippen molar-refractivity contribution in [3.8, 4) is 0 Å². The maximum Gasteiger partial charge on any atom is 0.536 e. The van der Waals surface area contributed by atoms with Crippen LogP contribution in [0, 0.1) is 0 Å². The van der Waals surface area contributed by atoms with Gasteiger partial charge in [0, 0.05) is 50.3 Å². The summed E-state index contributed by atoms with van der Waals surface area (Å²) < 4.78 is 46.9. The molecule has 3 unspecified atom stereocenters. The minimum absolute atomic E-state index is 0.527. The van der Waals surface area contributed by atoms with E-state index in [1.54, 1.807) is 26.4 Å². The average molecular weight is 795 g/mol. The Labute approximate surface area is 263 Å². The summed E-state index contributed by atoms with van der Waals surface area (Å²) in [7, 11) is -6.57. The second-order valence-electron chi connectivity index (χ2n) is 9.16. The first-order valence-corrected chi connectivity index (χ1v) is 20.0. The lowest BCUT2D eigenvalue weighted by atomic mass is 10.1. The van der Waals surface area contributed by atoms with E-state index in [0.29, 0.717) is 10.4 Å². The Morgan fingerprint density at radius 2 is 1.25 bits per heavy atom. The van der Waals surface area contributed by atoms with Gasteiger partial charge in [0.05, 0.1) is 18.3 Å². The summed E-state index contributed by atoms with van der Waals surface area (Å²) in [6.07, 6.45) is -1.99. The van der Waals surface area contributed by atoms with Gasteiger partial charge in [0.2, 0.25) is 0 Å². The van der Waals surface area contributed by atoms with E-state index >= 15 is 0 Å². The summed E-state index contributed by atoms with van der Waals surface area (Å²) in [5, 5.41) is 1.99. The van der Waals surface area contributed by atoms with E-state index in [9.17, 15) is 4.80 Å². The second-order valence-corrected chi connectivity index (χ2v) is 19.8. The fourth-order valence-corrected chi connectivity index (χ4v) is 13.7. The molecule has 1 saturated heterocycles. The Morgan fingerprint density at radius 3 is 1.73 bits per heavy atom. The van der Waals surface area contributed by atoms with Gasteiger partial charge in [-0.3, -0.25) is 0 Å². The molecule has 0 aromatic heterocycles. The topological polar surface area (TPSA) is 84.8 Å². The third kappa shape index (κ3) is 6.81. The molecule has 1 fully saturated rings. The highest BCUT2D eigenvalue weighted by atomic mass is 79.9. The molecule has 40 heavy (non-hydrogen) atoms. The van der Waals surface area contributed by atoms with Gasteiger partial charge in [-0.2, -0.15) is 0 Å². The molecule has 3 aromatic rings. The molecule has 216 valence electrons. The number of benzene rings is 3. The Hall–Kier alpha value is -0.569. The molecule has 14 heteroatoms. The van der Waals surface area contributed by atoms with E-state index < -0.39 is 44.7 Å². The summed E-state index contributed by atoms with van der Waals surface area (Å²) in [6, 6.07) is 22.3. The summed E-state index contributed by atoms with van der Waals surface area (Å²) >= 11 is 10.4. The van der Waals surface area contributed by atoms with Crippen LogP contribution < -0.4 is 15.6 Å². The molecular weight excluding hydrogens is 764 g/mol. The lowest BCUT2D eigenvalue weighted by Crippen LogP contribution is -2.66. The minimum atomic E-state index is -4.07. The van der Waals surface area contributed by atoms with E-state index in [-0.39, 0.29) is 0 Å². The van der Waals surface area contributed by atoms with Crippen molar-refractivity contribution in [2.75, 3.05) is 21.3 Å². The molecule has 0 amide bonds. The van der Waals surface area contributed by atoms with Gasteiger partial charge in [0.1, 0.15) is 0 Å². The second kappa shape index (κ2) is 13.4. The van der Waals surface area contributed by atoms with E-state index in [2.05, 4.69) is 47.8 Å². The zero-order valence-corrected chi connectivity index (χ0v) is 30.4. The normalized spacial score (nSPS) is 26.3. The molecule has 1 aliphatic rings. The highest BCUT2D eigenvalue weighted by Crippen LogP contribution is 2.30. The van der Waals surface area contributed by atoms with Crippen molar-refractivity contribution in [3.63, 3.8) is 0 Å². The quantitative estimate of drug-likeness (QED) is 0.327. The Kier molecular flexibility index (Phi) is 10.8. The standard InChI is InChI=1S/C26H31Br3O8Si3/c1-18-26(19(2)35-39(31-3,32-4)24-14-8-21(28)9-15-24)36-40(33-5,25-16-10-22(29)11-17-25)37-38(30,34-18)23-12-6-20(27)7-13-23/h6-19,26,30H,1-5H3/t18-,19?,26-,38?,40?/m0/s1. The van der Waals surface area contributed by atoms with Crippen molar-refractivity contribution < 1.29 is 35.5 Å². The molecule has 0 radical (unpaired) electrons. The third-order valence-corrected chi connectivity index (χ3v) is 17.1. The Bertz CT molecular complexity index is 1270. The molecule has 8 nitrogen and oxygen atoms in total. The monoisotopic (exact) mass is 792 g/mol. The molecule has 3 aromatic carbocycles. The first-order valence-electron chi connectivity index (χ1n) is 12.4. The van der Waals surface area contributed by atoms with Crippen molar-refractivity contribution >= 4 is 89.8 Å². The maximum absolute atomic E-state index is 12.1. The molecule has 1 N–H and O–H groups in total. The van der Waals surface area contributed by atoms with Crippen molar-refractivity contribution in [1.82, 2.24) is 0 Å². The van der Waals surface area contributed by atoms with Crippen LogP contribution in [0.2, 0.25) is 0 Å². The van der Waals surface area contributed by atoms with Gasteiger partial charge < -0.3 is 35.5 Å². The van der Waals surface area contributed by atoms with E-state index in [4.69, 9.17) is 30.7 Å². The van der Waals surface area contributed by atoms with E-state index in [1.165, 1.54) is 7.11 Å². The predicted molar refractivity (Wildman–Crippen MR) is 169 cm³/mol. The molecule has 1 heterocycles. The number of hydrogen-bond donors (Lipinski definition) is 1. The smallest absolute Gasteiger partial charge is 0.387 e.